The fourth-order valence-electron chi connectivity index (χ4n) is 2.68. The summed E-state index contributed by atoms with van der Waals surface area (Å²) in [5.41, 5.74) is 1.22. The molecule has 2 heterocycles. The second kappa shape index (κ2) is 6.95. The SMILES string of the molecule is CC1CC(OCc2ccoc2CNC(C)(C)C)CC(C)O1. The first-order valence-electron chi connectivity index (χ1n) is 7.91. The molecule has 2 unspecified atom stereocenters. The molecule has 0 aromatic carbocycles. The minimum atomic E-state index is 0.0799. The van der Waals surface area contributed by atoms with Crippen molar-refractivity contribution < 1.29 is 13.9 Å². The largest absolute Gasteiger partial charge is 0.468 e. The highest BCUT2D eigenvalue weighted by Crippen LogP contribution is 2.23. The lowest BCUT2D eigenvalue weighted by atomic mass is 10.0. The zero-order valence-electron chi connectivity index (χ0n) is 13.9. The fraction of sp³-hybridized carbons (Fsp3) is 0.765. The van der Waals surface area contributed by atoms with Gasteiger partial charge in [-0.3, -0.25) is 0 Å². The molecule has 1 aliphatic rings. The minimum Gasteiger partial charge on any atom is -0.468 e. The molecule has 4 nitrogen and oxygen atoms in total. The summed E-state index contributed by atoms with van der Waals surface area (Å²) in [6.07, 6.45) is 4.53. The van der Waals surface area contributed by atoms with E-state index >= 15 is 0 Å². The van der Waals surface area contributed by atoms with Gasteiger partial charge in [-0.25, -0.2) is 0 Å². The van der Waals surface area contributed by atoms with Crippen molar-refractivity contribution in [2.45, 2.75) is 84.5 Å². The molecule has 1 N–H and O–H groups in total. The third-order valence-corrected chi connectivity index (χ3v) is 3.75. The Morgan fingerprint density at radius 3 is 2.52 bits per heavy atom. The molecule has 1 aliphatic heterocycles. The molecular weight excluding hydrogens is 266 g/mol. The lowest BCUT2D eigenvalue weighted by Gasteiger charge is -2.32. The molecule has 21 heavy (non-hydrogen) atoms. The maximum atomic E-state index is 6.07. The summed E-state index contributed by atoms with van der Waals surface area (Å²) in [6.45, 7) is 12.0. The van der Waals surface area contributed by atoms with E-state index in [-0.39, 0.29) is 23.9 Å². The summed E-state index contributed by atoms with van der Waals surface area (Å²) in [5.74, 6) is 0.970. The highest BCUT2D eigenvalue weighted by molar-refractivity contribution is 5.16. The molecule has 1 aromatic rings. The van der Waals surface area contributed by atoms with Gasteiger partial charge in [-0.1, -0.05) is 0 Å². The van der Waals surface area contributed by atoms with Gasteiger partial charge in [0.1, 0.15) is 5.76 Å². The number of hydrogen-bond donors (Lipinski definition) is 1. The molecule has 1 aromatic heterocycles. The smallest absolute Gasteiger partial charge is 0.123 e. The third-order valence-electron chi connectivity index (χ3n) is 3.75. The van der Waals surface area contributed by atoms with Gasteiger partial charge in [0, 0.05) is 11.1 Å². The first-order chi connectivity index (χ1) is 9.83. The Balaban J connectivity index is 1.84. The topological polar surface area (TPSA) is 43.6 Å². The van der Waals surface area contributed by atoms with Gasteiger partial charge in [-0.15, -0.1) is 0 Å². The van der Waals surface area contributed by atoms with Crippen LogP contribution in [0.2, 0.25) is 0 Å². The molecule has 4 heteroatoms. The maximum Gasteiger partial charge on any atom is 0.123 e. The van der Waals surface area contributed by atoms with Crippen molar-refractivity contribution in [3.63, 3.8) is 0 Å². The van der Waals surface area contributed by atoms with E-state index in [1.165, 1.54) is 0 Å². The van der Waals surface area contributed by atoms with E-state index in [0.717, 1.165) is 30.7 Å². The molecule has 120 valence electrons. The summed E-state index contributed by atoms with van der Waals surface area (Å²) in [7, 11) is 0. The van der Waals surface area contributed by atoms with Crippen molar-refractivity contribution in [3.8, 4) is 0 Å². The molecule has 0 spiro atoms. The van der Waals surface area contributed by atoms with E-state index in [9.17, 15) is 0 Å². The molecular formula is C17H29NO3. The Bertz CT molecular complexity index is 425. The Kier molecular flexibility index (Phi) is 5.47. The minimum absolute atomic E-state index is 0.0799. The highest BCUT2D eigenvalue weighted by Gasteiger charge is 2.25. The van der Waals surface area contributed by atoms with Crippen LogP contribution in [0.25, 0.3) is 0 Å². The van der Waals surface area contributed by atoms with E-state index in [0.29, 0.717) is 6.61 Å². The van der Waals surface area contributed by atoms with E-state index < -0.39 is 0 Å². The van der Waals surface area contributed by atoms with Crippen molar-refractivity contribution in [2.75, 3.05) is 0 Å². The third kappa shape index (κ3) is 5.46. The summed E-state index contributed by atoms with van der Waals surface area (Å²) in [4.78, 5) is 0. The lowest BCUT2D eigenvalue weighted by molar-refractivity contribution is -0.106. The molecule has 2 atom stereocenters. The van der Waals surface area contributed by atoms with Crippen LogP contribution in [0, 0.1) is 0 Å². The van der Waals surface area contributed by atoms with E-state index in [2.05, 4.69) is 39.9 Å². The molecule has 0 saturated carbocycles. The standard InChI is InChI=1S/C17H29NO3/c1-12-8-15(9-13(2)21-12)20-11-14-6-7-19-16(14)10-18-17(3,4)5/h6-7,12-13,15,18H,8-11H2,1-5H3. The van der Waals surface area contributed by atoms with Gasteiger partial charge in [0.25, 0.3) is 0 Å². The predicted molar refractivity (Wildman–Crippen MR) is 83.1 cm³/mol. The fourth-order valence-corrected chi connectivity index (χ4v) is 2.68. The van der Waals surface area contributed by atoms with Gasteiger partial charge in [-0.05, 0) is 53.5 Å². The first kappa shape index (κ1) is 16.5. The van der Waals surface area contributed by atoms with Crippen molar-refractivity contribution in [1.29, 1.82) is 0 Å². The zero-order valence-corrected chi connectivity index (χ0v) is 13.9. The molecule has 0 radical (unpaired) electrons. The van der Waals surface area contributed by atoms with E-state index in [4.69, 9.17) is 13.9 Å². The summed E-state index contributed by atoms with van der Waals surface area (Å²) < 4.78 is 17.4. The number of nitrogens with one attached hydrogen (secondary N) is 1. The van der Waals surface area contributed by atoms with Gasteiger partial charge >= 0.3 is 0 Å². The van der Waals surface area contributed by atoms with Gasteiger partial charge in [-0.2, -0.15) is 0 Å². The number of rotatable bonds is 5. The van der Waals surface area contributed by atoms with Gasteiger partial charge < -0.3 is 19.2 Å². The average molecular weight is 295 g/mol. The zero-order chi connectivity index (χ0) is 15.5. The van der Waals surface area contributed by atoms with Gasteiger partial charge in [0.05, 0.1) is 37.7 Å². The quantitative estimate of drug-likeness (QED) is 0.900. The Morgan fingerprint density at radius 2 is 1.90 bits per heavy atom. The average Bonchev–Trinajstić information content (AvgIpc) is 2.79. The summed E-state index contributed by atoms with van der Waals surface area (Å²) in [5, 5.41) is 3.45. The Morgan fingerprint density at radius 1 is 1.24 bits per heavy atom. The highest BCUT2D eigenvalue weighted by atomic mass is 16.5. The molecule has 0 aliphatic carbocycles. The molecule has 1 saturated heterocycles. The molecule has 2 rings (SSSR count). The second-order valence-corrected chi connectivity index (χ2v) is 7.13. The van der Waals surface area contributed by atoms with Crippen LogP contribution in [-0.2, 0) is 22.6 Å². The van der Waals surface area contributed by atoms with Crippen LogP contribution in [0.15, 0.2) is 16.7 Å². The van der Waals surface area contributed by atoms with Gasteiger partial charge in [0.15, 0.2) is 0 Å². The normalized spacial score (nSPS) is 27.0. The van der Waals surface area contributed by atoms with Crippen molar-refractivity contribution in [2.24, 2.45) is 0 Å². The summed E-state index contributed by atoms with van der Waals surface area (Å²) in [6, 6.07) is 2.01. The van der Waals surface area contributed by atoms with Crippen LogP contribution in [0.3, 0.4) is 0 Å². The van der Waals surface area contributed by atoms with Crippen LogP contribution in [0.4, 0.5) is 0 Å². The molecule has 0 amide bonds. The monoisotopic (exact) mass is 295 g/mol. The van der Waals surface area contributed by atoms with Crippen LogP contribution in [0.5, 0.6) is 0 Å². The van der Waals surface area contributed by atoms with E-state index in [1.807, 2.05) is 6.07 Å². The van der Waals surface area contributed by atoms with Crippen molar-refractivity contribution in [1.82, 2.24) is 5.32 Å². The van der Waals surface area contributed by atoms with Crippen LogP contribution < -0.4 is 5.32 Å². The molecule has 1 fully saturated rings. The lowest BCUT2D eigenvalue weighted by Crippen LogP contribution is -2.35. The Labute approximate surface area is 128 Å². The van der Waals surface area contributed by atoms with Crippen LogP contribution >= 0.6 is 0 Å². The predicted octanol–water partition coefficient (Wildman–Crippen LogP) is 3.64. The Hall–Kier alpha value is -0.840. The van der Waals surface area contributed by atoms with Crippen molar-refractivity contribution >= 4 is 0 Å². The number of ether oxygens (including phenoxy) is 2. The van der Waals surface area contributed by atoms with Crippen LogP contribution in [0.1, 0.15) is 58.8 Å². The summed E-state index contributed by atoms with van der Waals surface area (Å²) >= 11 is 0. The number of hydrogen-bond acceptors (Lipinski definition) is 4. The van der Waals surface area contributed by atoms with Crippen molar-refractivity contribution in [3.05, 3.63) is 23.7 Å². The van der Waals surface area contributed by atoms with Crippen LogP contribution in [-0.4, -0.2) is 23.9 Å². The first-order valence-corrected chi connectivity index (χ1v) is 7.91. The second-order valence-electron chi connectivity index (χ2n) is 7.13. The maximum absolute atomic E-state index is 6.07. The number of furan rings is 1. The van der Waals surface area contributed by atoms with E-state index in [1.54, 1.807) is 6.26 Å². The van der Waals surface area contributed by atoms with Gasteiger partial charge in [0.2, 0.25) is 0 Å². The molecule has 0 bridgehead atoms.